The van der Waals surface area contributed by atoms with Crippen LogP contribution in [-0.2, 0) is 4.79 Å². The largest absolute Gasteiger partial charge is 0.323 e. The number of rotatable bonds is 5. The molecule has 0 saturated carbocycles. The molecule has 7 nitrogen and oxygen atoms in total. The zero-order chi connectivity index (χ0) is 23.1. The lowest BCUT2D eigenvalue weighted by atomic mass is 10.0. The monoisotopic (exact) mass is 464 g/mol. The summed E-state index contributed by atoms with van der Waals surface area (Å²) < 4.78 is 30.6. The van der Waals surface area contributed by atoms with Crippen molar-refractivity contribution in [2.75, 3.05) is 11.1 Å². The van der Waals surface area contributed by atoms with Crippen molar-refractivity contribution in [1.82, 2.24) is 24.2 Å². The van der Waals surface area contributed by atoms with Gasteiger partial charge in [-0.15, -0.1) is 10.2 Å². The van der Waals surface area contributed by atoms with E-state index in [0.717, 1.165) is 57.9 Å². The van der Waals surface area contributed by atoms with Gasteiger partial charge < -0.3 is 5.32 Å². The van der Waals surface area contributed by atoms with Gasteiger partial charge in [0.25, 0.3) is 0 Å². The van der Waals surface area contributed by atoms with Gasteiger partial charge in [0, 0.05) is 24.0 Å². The van der Waals surface area contributed by atoms with Crippen LogP contribution in [0.2, 0.25) is 0 Å². The minimum absolute atomic E-state index is 0.0467. The molecule has 0 spiro atoms. The first-order chi connectivity index (χ1) is 15.9. The molecule has 0 aliphatic heterocycles. The molecule has 0 aliphatic rings. The number of nitrogens with one attached hydrogen (secondary N) is 1. The Hall–Kier alpha value is -3.79. The fraction of sp³-hybridized carbons (Fsp3) is 0.130. The number of hydrogen-bond donors (Lipinski definition) is 1. The van der Waals surface area contributed by atoms with E-state index >= 15 is 0 Å². The van der Waals surface area contributed by atoms with Gasteiger partial charge in [-0.2, -0.15) is 5.10 Å². The number of nitrogens with zero attached hydrogens (tertiary/aromatic N) is 5. The van der Waals surface area contributed by atoms with Gasteiger partial charge in [0.05, 0.1) is 17.1 Å². The van der Waals surface area contributed by atoms with Gasteiger partial charge in [-0.3, -0.25) is 9.20 Å². The van der Waals surface area contributed by atoms with Gasteiger partial charge in [0.2, 0.25) is 5.91 Å². The van der Waals surface area contributed by atoms with Crippen molar-refractivity contribution >= 4 is 34.5 Å². The molecule has 3 heterocycles. The van der Waals surface area contributed by atoms with Gasteiger partial charge in [-0.25, -0.2) is 13.3 Å². The summed E-state index contributed by atoms with van der Waals surface area (Å²) in [5.74, 6) is -1.86. The number of aromatic nitrogens is 5. The average molecular weight is 465 g/mol. The number of fused-ring (bicyclic) bond motifs is 3. The number of halogens is 2. The van der Waals surface area contributed by atoms with Crippen LogP contribution in [-0.4, -0.2) is 35.9 Å². The van der Waals surface area contributed by atoms with Crippen LogP contribution in [0.25, 0.3) is 22.4 Å². The second-order valence-corrected chi connectivity index (χ2v) is 8.56. The van der Waals surface area contributed by atoms with Crippen LogP contribution in [0.1, 0.15) is 11.1 Å². The molecule has 0 aliphatic carbocycles. The number of anilines is 1. The topological polar surface area (TPSA) is 76.6 Å². The van der Waals surface area contributed by atoms with E-state index < -0.39 is 17.5 Å². The molecule has 2 aromatic carbocycles. The van der Waals surface area contributed by atoms with E-state index in [1.807, 2.05) is 19.9 Å². The Balaban J connectivity index is 1.39. The van der Waals surface area contributed by atoms with E-state index in [2.05, 4.69) is 38.8 Å². The van der Waals surface area contributed by atoms with Crippen LogP contribution < -0.4 is 5.32 Å². The molecule has 1 N–H and O–H groups in total. The van der Waals surface area contributed by atoms with Crippen LogP contribution in [0.4, 0.5) is 14.5 Å². The maximum absolute atomic E-state index is 13.7. The van der Waals surface area contributed by atoms with Crippen molar-refractivity contribution in [2.24, 2.45) is 0 Å². The highest BCUT2D eigenvalue weighted by Gasteiger charge is 2.15. The van der Waals surface area contributed by atoms with Crippen LogP contribution in [0.5, 0.6) is 0 Å². The predicted molar refractivity (Wildman–Crippen MR) is 122 cm³/mol. The fourth-order valence-corrected chi connectivity index (χ4v) is 4.26. The van der Waals surface area contributed by atoms with Crippen LogP contribution in [0.3, 0.4) is 0 Å². The zero-order valence-electron chi connectivity index (χ0n) is 17.7. The highest BCUT2D eigenvalue weighted by molar-refractivity contribution is 7.99. The minimum atomic E-state index is -0.703. The Labute approximate surface area is 191 Å². The number of benzene rings is 2. The molecular formula is C23H18F2N6OS. The summed E-state index contributed by atoms with van der Waals surface area (Å²) >= 11 is 1.14. The molecule has 0 unspecified atom stereocenters. The molecule has 0 bridgehead atoms. The quantitative estimate of drug-likeness (QED) is 0.383. The fourth-order valence-electron chi connectivity index (χ4n) is 3.54. The zero-order valence-corrected chi connectivity index (χ0v) is 18.5. The van der Waals surface area contributed by atoms with Crippen LogP contribution >= 0.6 is 11.8 Å². The number of carbonyl (C=O) groups excluding carboxylic acids is 1. The van der Waals surface area contributed by atoms with Crippen molar-refractivity contribution in [2.45, 2.75) is 19.0 Å². The molecular weight excluding hydrogens is 446 g/mol. The first-order valence-corrected chi connectivity index (χ1v) is 11.1. The summed E-state index contributed by atoms with van der Waals surface area (Å²) in [6.07, 6.45) is 3.57. The summed E-state index contributed by atoms with van der Waals surface area (Å²) in [6.45, 7) is 4.08. The Morgan fingerprint density at radius 3 is 2.76 bits per heavy atom. The Bertz CT molecular complexity index is 1530. The van der Waals surface area contributed by atoms with E-state index in [9.17, 15) is 13.6 Å². The molecule has 5 aromatic rings. The third kappa shape index (κ3) is 4.05. The van der Waals surface area contributed by atoms with Crippen molar-refractivity contribution in [3.8, 4) is 11.3 Å². The molecule has 33 heavy (non-hydrogen) atoms. The highest BCUT2D eigenvalue weighted by atomic mass is 32.2. The summed E-state index contributed by atoms with van der Waals surface area (Å²) in [7, 11) is 0. The SMILES string of the molecule is Cc1ccc(C)c(-c2cc3c4nnc(SCC(=O)Nc5cc(F)ccc5F)n4ccn3n2)c1. The summed E-state index contributed by atoms with van der Waals surface area (Å²) in [5.41, 5.74) is 5.32. The Kier molecular flexibility index (Phi) is 5.29. The minimum Gasteiger partial charge on any atom is -0.323 e. The second-order valence-electron chi connectivity index (χ2n) is 7.61. The summed E-state index contributed by atoms with van der Waals surface area (Å²) in [5, 5.41) is 16.0. The first kappa shape index (κ1) is 21.1. The second kappa shape index (κ2) is 8.28. The Morgan fingerprint density at radius 2 is 1.91 bits per heavy atom. The van der Waals surface area contributed by atoms with Crippen molar-refractivity contribution in [3.63, 3.8) is 0 Å². The van der Waals surface area contributed by atoms with Gasteiger partial charge in [-0.1, -0.05) is 29.5 Å². The number of amides is 1. The van der Waals surface area contributed by atoms with Gasteiger partial charge in [0.1, 0.15) is 17.2 Å². The first-order valence-electron chi connectivity index (χ1n) is 10.1. The molecule has 0 radical (unpaired) electrons. The normalized spacial score (nSPS) is 11.4. The lowest BCUT2D eigenvalue weighted by Crippen LogP contribution is -2.15. The third-order valence-electron chi connectivity index (χ3n) is 5.19. The summed E-state index contributed by atoms with van der Waals surface area (Å²) in [6, 6.07) is 11.1. The predicted octanol–water partition coefficient (Wildman–Crippen LogP) is 4.67. The lowest BCUT2D eigenvalue weighted by molar-refractivity contribution is -0.113. The molecule has 5 rings (SSSR count). The molecule has 0 fully saturated rings. The molecule has 10 heteroatoms. The smallest absolute Gasteiger partial charge is 0.234 e. The van der Waals surface area contributed by atoms with Crippen molar-refractivity contribution < 1.29 is 13.6 Å². The Morgan fingerprint density at radius 1 is 1.06 bits per heavy atom. The van der Waals surface area contributed by atoms with Crippen LogP contribution in [0.15, 0.2) is 60.0 Å². The van der Waals surface area contributed by atoms with Gasteiger partial charge in [-0.05, 0) is 43.7 Å². The maximum Gasteiger partial charge on any atom is 0.234 e. The van der Waals surface area contributed by atoms with E-state index in [0.29, 0.717) is 10.8 Å². The van der Waals surface area contributed by atoms with Crippen molar-refractivity contribution in [3.05, 3.63) is 77.6 Å². The third-order valence-corrected chi connectivity index (χ3v) is 6.13. The molecule has 3 aromatic heterocycles. The summed E-state index contributed by atoms with van der Waals surface area (Å²) in [4.78, 5) is 12.2. The van der Waals surface area contributed by atoms with Gasteiger partial charge >= 0.3 is 0 Å². The van der Waals surface area contributed by atoms with Crippen molar-refractivity contribution in [1.29, 1.82) is 0 Å². The molecule has 166 valence electrons. The van der Waals surface area contributed by atoms with E-state index in [1.165, 1.54) is 0 Å². The van der Waals surface area contributed by atoms with E-state index in [-0.39, 0.29) is 11.4 Å². The van der Waals surface area contributed by atoms with E-state index in [1.54, 1.807) is 21.3 Å². The van der Waals surface area contributed by atoms with Crippen LogP contribution in [0, 0.1) is 25.5 Å². The standard InChI is InChI=1S/C23H18F2N6OS/c1-13-3-4-14(2)16(9-13)18-11-20-22-27-28-23(30(22)7-8-31(20)29-18)33-12-21(32)26-19-10-15(24)5-6-17(19)25/h3-11H,12H2,1-2H3,(H,26,32). The maximum atomic E-state index is 13.7. The molecule has 0 saturated heterocycles. The highest BCUT2D eigenvalue weighted by Crippen LogP contribution is 2.27. The average Bonchev–Trinajstić information content (AvgIpc) is 3.40. The number of carbonyl (C=O) groups is 1. The number of hydrogen-bond acceptors (Lipinski definition) is 5. The number of aryl methyl sites for hydroxylation is 2. The van der Waals surface area contributed by atoms with Gasteiger partial charge in [0.15, 0.2) is 10.8 Å². The van der Waals surface area contributed by atoms with E-state index in [4.69, 9.17) is 0 Å². The number of thioether (sulfide) groups is 1. The molecule has 0 atom stereocenters. The molecule has 1 amide bonds. The lowest BCUT2D eigenvalue weighted by Gasteiger charge is -2.06.